The maximum Gasteiger partial charge on any atom is 0.238 e. The molecule has 5 nitrogen and oxygen atoms in total. The highest BCUT2D eigenvalue weighted by Gasteiger charge is 2.15. The number of aromatic nitrogens is 2. The van der Waals surface area contributed by atoms with Gasteiger partial charge in [-0.1, -0.05) is 59.9 Å². The van der Waals surface area contributed by atoms with Gasteiger partial charge in [0.1, 0.15) is 5.01 Å². The van der Waals surface area contributed by atoms with Crippen LogP contribution in [0.15, 0.2) is 65.6 Å². The zero-order chi connectivity index (χ0) is 16.8. The van der Waals surface area contributed by atoms with Crippen molar-refractivity contribution in [1.82, 2.24) is 10.2 Å². The molecule has 0 atom stereocenters. The van der Waals surface area contributed by atoms with E-state index in [9.17, 15) is 8.42 Å². The van der Waals surface area contributed by atoms with Gasteiger partial charge in [-0.2, -0.15) is 0 Å². The van der Waals surface area contributed by atoms with Crippen molar-refractivity contribution in [3.8, 4) is 0 Å². The molecule has 0 aliphatic carbocycles. The maximum absolute atomic E-state index is 12.2. The molecule has 3 aromatic rings. The van der Waals surface area contributed by atoms with E-state index < -0.39 is 10.0 Å². The van der Waals surface area contributed by atoms with Gasteiger partial charge in [0.2, 0.25) is 15.2 Å². The van der Waals surface area contributed by atoms with Crippen molar-refractivity contribution in [2.45, 2.75) is 16.4 Å². The van der Waals surface area contributed by atoms with E-state index in [2.05, 4.69) is 14.9 Å². The molecule has 124 valence electrons. The Morgan fingerprint density at radius 1 is 0.958 bits per heavy atom. The molecule has 0 fully saturated rings. The molecule has 0 aliphatic rings. The Labute approximate surface area is 149 Å². The van der Waals surface area contributed by atoms with Crippen LogP contribution >= 0.6 is 23.1 Å². The van der Waals surface area contributed by atoms with E-state index in [0.717, 1.165) is 15.5 Å². The molecule has 2 aromatic carbocycles. The molecule has 0 radical (unpaired) electrons. The fourth-order valence-electron chi connectivity index (χ4n) is 1.98. The molecule has 1 heterocycles. The molecule has 24 heavy (non-hydrogen) atoms. The summed E-state index contributed by atoms with van der Waals surface area (Å²) in [4.78, 5) is 1.14. The number of sulfonamides is 1. The van der Waals surface area contributed by atoms with E-state index in [1.807, 2.05) is 48.5 Å². The van der Waals surface area contributed by atoms with E-state index in [1.54, 1.807) is 23.9 Å². The quantitative estimate of drug-likeness (QED) is 0.635. The number of benzene rings is 2. The van der Waals surface area contributed by atoms with Gasteiger partial charge in [0.15, 0.2) is 0 Å². The predicted molar refractivity (Wildman–Crippen MR) is 98.6 cm³/mol. The van der Waals surface area contributed by atoms with Crippen molar-refractivity contribution in [3.63, 3.8) is 0 Å². The Bertz CT molecular complexity index is 881. The smallest absolute Gasteiger partial charge is 0.238 e. The third-order valence-corrected chi connectivity index (χ3v) is 6.41. The summed E-state index contributed by atoms with van der Waals surface area (Å²) in [5.41, 5.74) is 0.731. The van der Waals surface area contributed by atoms with E-state index >= 15 is 0 Å². The summed E-state index contributed by atoms with van der Waals surface area (Å²) in [5, 5.41) is 9.04. The average Bonchev–Trinajstić information content (AvgIpc) is 3.01. The number of anilines is 1. The zero-order valence-electron chi connectivity index (χ0n) is 12.6. The molecular weight excluding hydrogens is 362 g/mol. The number of nitrogens with one attached hydrogen (secondary N) is 1. The number of hydrogen-bond acceptors (Lipinski definition) is 6. The van der Waals surface area contributed by atoms with Crippen molar-refractivity contribution in [3.05, 3.63) is 71.2 Å². The summed E-state index contributed by atoms with van der Waals surface area (Å²) in [6.45, 7) is 0. The SMILES string of the molecule is O=S(=O)(Cc1ccccc1)Nc1nnc(CSc2ccccc2)s1. The zero-order valence-corrected chi connectivity index (χ0v) is 15.1. The number of hydrogen-bond donors (Lipinski definition) is 1. The minimum atomic E-state index is -3.49. The lowest BCUT2D eigenvalue weighted by Gasteiger charge is -2.04. The molecule has 0 saturated carbocycles. The summed E-state index contributed by atoms with van der Waals surface area (Å²) in [5.74, 6) is 0.573. The van der Waals surface area contributed by atoms with Crippen LogP contribution in [-0.4, -0.2) is 18.6 Å². The van der Waals surface area contributed by atoms with E-state index in [0.29, 0.717) is 10.9 Å². The van der Waals surface area contributed by atoms with Crippen LogP contribution in [0.5, 0.6) is 0 Å². The summed E-state index contributed by atoms with van der Waals surface area (Å²) >= 11 is 2.89. The van der Waals surface area contributed by atoms with Crippen LogP contribution in [0.4, 0.5) is 5.13 Å². The molecule has 3 rings (SSSR count). The van der Waals surface area contributed by atoms with Crippen LogP contribution in [0.1, 0.15) is 10.6 Å². The van der Waals surface area contributed by atoms with Crippen LogP contribution in [0.25, 0.3) is 0 Å². The summed E-state index contributed by atoms with van der Waals surface area (Å²) < 4.78 is 26.9. The summed E-state index contributed by atoms with van der Waals surface area (Å²) in [6.07, 6.45) is 0. The summed E-state index contributed by atoms with van der Waals surface area (Å²) in [6, 6.07) is 19.0. The lowest BCUT2D eigenvalue weighted by atomic mass is 10.2. The first kappa shape index (κ1) is 16.9. The highest BCUT2D eigenvalue weighted by atomic mass is 32.2. The number of rotatable bonds is 7. The minimum Gasteiger partial charge on any atom is -0.257 e. The van der Waals surface area contributed by atoms with Gasteiger partial charge in [-0.15, -0.1) is 22.0 Å². The van der Waals surface area contributed by atoms with E-state index in [4.69, 9.17) is 0 Å². The van der Waals surface area contributed by atoms with Crippen LogP contribution in [0.2, 0.25) is 0 Å². The van der Waals surface area contributed by atoms with Gasteiger partial charge in [0.25, 0.3) is 0 Å². The molecule has 0 aliphatic heterocycles. The second-order valence-corrected chi connectivity index (χ2v) is 8.78. The number of thioether (sulfide) groups is 1. The molecule has 0 amide bonds. The third kappa shape index (κ3) is 5.05. The fraction of sp³-hybridized carbons (Fsp3) is 0.125. The fourth-order valence-corrected chi connectivity index (χ4v) is 5.03. The molecular formula is C16H15N3O2S3. The minimum absolute atomic E-state index is 0.0818. The van der Waals surface area contributed by atoms with Gasteiger partial charge < -0.3 is 0 Å². The molecule has 0 spiro atoms. The first-order valence-corrected chi connectivity index (χ1v) is 10.6. The average molecular weight is 378 g/mol. The van der Waals surface area contributed by atoms with Gasteiger partial charge in [-0.25, -0.2) is 8.42 Å². The lowest BCUT2D eigenvalue weighted by molar-refractivity contribution is 0.600. The van der Waals surface area contributed by atoms with Crippen LogP contribution in [-0.2, 0) is 21.5 Å². The molecule has 1 aromatic heterocycles. The second kappa shape index (κ2) is 7.78. The molecule has 1 N–H and O–H groups in total. The predicted octanol–water partition coefficient (Wildman–Crippen LogP) is 3.77. The first-order valence-electron chi connectivity index (χ1n) is 7.15. The lowest BCUT2D eigenvalue weighted by Crippen LogP contribution is -2.14. The maximum atomic E-state index is 12.2. The molecule has 0 unspecified atom stereocenters. The highest BCUT2D eigenvalue weighted by Crippen LogP contribution is 2.26. The molecule has 0 saturated heterocycles. The van der Waals surface area contributed by atoms with Gasteiger partial charge in [-0.05, 0) is 17.7 Å². The monoisotopic (exact) mass is 377 g/mol. The topological polar surface area (TPSA) is 72.0 Å². The van der Waals surface area contributed by atoms with Crippen molar-refractivity contribution in [2.24, 2.45) is 0 Å². The standard InChI is InChI=1S/C16H15N3O2S3/c20-24(21,12-13-7-3-1-4-8-13)19-16-18-17-15(23-16)11-22-14-9-5-2-6-10-14/h1-10H,11-12H2,(H,18,19). The van der Waals surface area contributed by atoms with Crippen molar-refractivity contribution < 1.29 is 8.42 Å². The van der Waals surface area contributed by atoms with Gasteiger partial charge in [-0.3, -0.25) is 4.72 Å². The van der Waals surface area contributed by atoms with E-state index in [-0.39, 0.29) is 5.75 Å². The Hall–Kier alpha value is -1.90. The van der Waals surface area contributed by atoms with Crippen LogP contribution in [0.3, 0.4) is 0 Å². The van der Waals surface area contributed by atoms with Crippen molar-refractivity contribution in [2.75, 3.05) is 4.72 Å². The normalized spacial score (nSPS) is 11.3. The van der Waals surface area contributed by atoms with Crippen molar-refractivity contribution in [1.29, 1.82) is 0 Å². The van der Waals surface area contributed by atoms with Crippen molar-refractivity contribution >= 4 is 38.3 Å². The molecule has 8 heteroatoms. The van der Waals surface area contributed by atoms with Gasteiger partial charge >= 0.3 is 0 Å². The third-order valence-electron chi connectivity index (χ3n) is 3.01. The Balaban J connectivity index is 1.59. The largest absolute Gasteiger partial charge is 0.257 e. The van der Waals surface area contributed by atoms with Gasteiger partial charge in [0, 0.05) is 4.90 Å². The van der Waals surface area contributed by atoms with Crippen LogP contribution in [0, 0.1) is 0 Å². The van der Waals surface area contributed by atoms with Crippen LogP contribution < -0.4 is 4.72 Å². The highest BCUT2D eigenvalue weighted by molar-refractivity contribution is 7.98. The Kier molecular flexibility index (Phi) is 5.49. The first-order chi connectivity index (χ1) is 11.6. The molecule has 0 bridgehead atoms. The number of nitrogens with zero attached hydrogens (tertiary/aromatic N) is 2. The van der Waals surface area contributed by atoms with E-state index in [1.165, 1.54) is 11.3 Å². The Morgan fingerprint density at radius 3 is 2.33 bits per heavy atom. The Morgan fingerprint density at radius 2 is 1.62 bits per heavy atom. The van der Waals surface area contributed by atoms with Gasteiger partial charge in [0.05, 0.1) is 11.5 Å². The second-order valence-electron chi connectivity index (χ2n) is 4.95. The summed E-state index contributed by atoms with van der Waals surface area (Å²) in [7, 11) is -3.49.